The summed E-state index contributed by atoms with van der Waals surface area (Å²) in [6.45, 7) is 12.4. The van der Waals surface area contributed by atoms with Gasteiger partial charge >= 0.3 is 0 Å². The van der Waals surface area contributed by atoms with Crippen molar-refractivity contribution in [3.63, 3.8) is 0 Å². The molecule has 1 nitrogen and oxygen atoms in total. The van der Waals surface area contributed by atoms with Gasteiger partial charge in [0.05, 0.1) is 0 Å². The van der Waals surface area contributed by atoms with E-state index in [9.17, 15) is 0 Å². The summed E-state index contributed by atoms with van der Waals surface area (Å²) in [5.74, 6) is 1.16. The Morgan fingerprint density at radius 2 is 1.60 bits per heavy atom. The molecule has 0 heterocycles. The molecule has 2 aromatic rings. The summed E-state index contributed by atoms with van der Waals surface area (Å²) >= 11 is 0. The molecule has 0 saturated heterocycles. The maximum atomic E-state index is 3.62. The summed E-state index contributed by atoms with van der Waals surface area (Å²) in [5, 5.41) is 6.35. The third-order valence-corrected chi connectivity index (χ3v) is 4.12. The summed E-state index contributed by atoms with van der Waals surface area (Å²) in [6, 6.07) is 15.3. The highest BCUT2D eigenvalue weighted by molar-refractivity contribution is 5.86. The van der Waals surface area contributed by atoms with E-state index >= 15 is 0 Å². The first kappa shape index (κ1) is 15.1. The molecule has 0 saturated carbocycles. The van der Waals surface area contributed by atoms with E-state index in [0.717, 1.165) is 6.54 Å². The third-order valence-electron chi connectivity index (χ3n) is 4.12. The van der Waals surface area contributed by atoms with Crippen molar-refractivity contribution in [3.05, 3.63) is 48.0 Å². The molecule has 1 heteroatoms. The lowest BCUT2D eigenvalue weighted by Crippen LogP contribution is -2.39. The second kappa shape index (κ2) is 5.97. The number of fused-ring (bicyclic) bond motifs is 1. The molecule has 0 spiro atoms. The predicted octanol–water partition coefficient (Wildman–Crippen LogP) is 4.97. The first-order valence-electron chi connectivity index (χ1n) is 7.61. The van der Waals surface area contributed by atoms with Crippen LogP contribution in [0.1, 0.15) is 46.1 Å². The minimum Gasteiger partial charge on any atom is -0.312 e. The van der Waals surface area contributed by atoms with Gasteiger partial charge in [-0.3, -0.25) is 0 Å². The molecule has 0 amide bonds. The van der Waals surface area contributed by atoms with Gasteiger partial charge in [0.2, 0.25) is 0 Å². The van der Waals surface area contributed by atoms with Crippen LogP contribution in [0.15, 0.2) is 42.5 Å². The fourth-order valence-corrected chi connectivity index (χ4v) is 2.60. The molecule has 0 aliphatic carbocycles. The number of nitrogens with one attached hydrogen (secondary N) is 1. The molecule has 2 rings (SSSR count). The first-order valence-corrected chi connectivity index (χ1v) is 7.61. The van der Waals surface area contributed by atoms with Crippen molar-refractivity contribution < 1.29 is 0 Å². The summed E-state index contributed by atoms with van der Waals surface area (Å²) in [4.78, 5) is 0. The van der Waals surface area contributed by atoms with Crippen molar-refractivity contribution in [1.29, 1.82) is 0 Å². The van der Waals surface area contributed by atoms with Crippen molar-refractivity contribution >= 4 is 10.8 Å². The van der Waals surface area contributed by atoms with Crippen molar-refractivity contribution in [2.24, 2.45) is 5.92 Å². The van der Waals surface area contributed by atoms with Gasteiger partial charge in [-0.25, -0.2) is 0 Å². The normalized spacial score (nSPS) is 15.2. The molecule has 2 atom stereocenters. The summed E-state index contributed by atoms with van der Waals surface area (Å²) in [7, 11) is 0. The highest BCUT2D eigenvalue weighted by atomic mass is 14.9. The van der Waals surface area contributed by atoms with Crippen LogP contribution in [-0.4, -0.2) is 12.1 Å². The number of benzene rings is 2. The van der Waals surface area contributed by atoms with Gasteiger partial charge in [0.25, 0.3) is 0 Å². The fourth-order valence-electron chi connectivity index (χ4n) is 2.60. The van der Waals surface area contributed by atoms with E-state index in [-0.39, 0.29) is 5.54 Å². The van der Waals surface area contributed by atoms with Gasteiger partial charge in [-0.1, -0.05) is 56.3 Å². The van der Waals surface area contributed by atoms with Gasteiger partial charge in [0.1, 0.15) is 0 Å². The van der Waals surface area contributed by atoms with Crippen LogP contribution < -0.4 is 5.32 Å². The van der Waals surface area contributed by atoms with Gasteiger partial charge < -0.3 is 5.32 Å². The highest BCUT2D eigenvalue weighted by Crippen LogP contribution is 2.30. The Morgan fingerprint density at radius 3 is 2.30 bits per heavy atom. The molecule has 0 bridgehead atoms. The van der Waals surface area contributed by atoms with E-state index < -0.39 is 0 Å². The van der Waals surface area contributed by atoms with Crippen LogP contribution in [0.5, 0.6) is 0 Å². The van der Waals surface area contributed by atoms with E-state index in [4.69, 9.17) is 0 Å². The molecule has 0 radical (unpaired) electrons. The lowest BCUT2D eigenvalue weighted by molar-refractivity contribution is 0.360. The van der Waals surface area contributed by atoms with Crippen molar-refractivity contribution in [1.82, 2.24) is 5.32 Å². The van der Waals surface area contributed by atoms with Crippen molar-refractivity contribution in [3.8, 4) is 0 Å². The minimum absolute atomic E-state index is 0.187. The van der Waals surface area contributed by atoms with Gasteiger partial charge in [-0.2, -0.15) is 0 Å². The Hall–Kier alpha value is -1.34. The Bertz CT molecular complexity index is 560. The Balaban J connectivity index is 2.20. The average Bonchev–Trinajstić information content (AvgIpc) is 2.42. The zero-order chi connectivity index (χ0) is 14.8. The molecular weight excluding hydrogens is 242 g/mol. The Labute approximate surface area is 123 Å². The number of hydrogen-bond acceptors (Lipinski definition) is 1. The maximum absolute atomic E-state index is 3.62. The molecule has 2 aromatic carbocycles. The van der Waals surface area contributed by atoms with Crippen molar-refractivity contribution in [2.45, 2.75) is 46.1 Å². The second-order valence-electron chi connectivity index (χ2n) is 6.97. The topological polar surface area (TPSA) is 12.0 Å². The van der Waals surface area contributed by atoms with Gasteiger partial charge in [-0.15, -0.1) is 0 Å². The van der Waals surface area contributed by atoms with E-state index in [1.165, 1.54) is 16.3 Å². The Morgan fingerprint density at radius 1 is 0.950 bits per heavy atom. The maximum Gasteiger partial charge on any atom is 0.00966 e. The summed E-state index contributed by atoms with van der Waals surface area (Å²) < 4.78 is 0. The van der Waals surface area contributed by atoms with Gasteiger partial charge in [-0.05, 0) is 55.5 Å². The lowest BCUT2D eigenvalue weighted by Gasteiger charge is -2.27. The molecule has 0 aliphatic heterocycles. The smallest absolute Gasteiger partial charge is 0.00966 e. The predicted molar refractivity (Wildman–Crippen MR) is 89.3 cm³/mol. The molecule has 20 heavy (non-hydrogen) atoms. The number of rotatable bonds is 4. The molecule has 0 fully saturated rings. The van der Waals surface area contributed by atoms with E-state index in [1.807, 2.05) is 0 Å². The lowest BCUT2D eigenvalue weighted by atomic mass is 9.85. The van der Waals surface area contributed by atoms with Crippen LogP contribution in [0.2, 0.25) is 0 Å². The van der Waals surface area contributed by atoms with Crippen LogP contribution in [0.4, 0.5) is 0 Å². The monoisotopic (exact) mass is 269 g/mol. The zero-order valence-electron chi connectivity index (χ0n) is 13.4. The largest absolute Gasteiger partial charge is 0.312 e. The standard InChI is InChI=1S/C19H27N/c1-14(13-20-19(3,4)5)15(2)17-12-8-10-16-9-6-7-11-18(16)17/h6-12,14-15,20H,13H2,1-5H3. The van der Waals surface area contributed by atoms with Crippen LogP contribution in [0.3, 0.4) is 0 Å². The van der Waals surface area contributed by atoms with Crippen LogP contribution in [0.25, 0.3) is 10.8 Å². The van der Waals surface area contributed by atoms with Gasteiger partial charge in [0.15, 0.2) is 0 Å². The van der Waals surface area contributed by atoms with E-state index in [0.29, 0.717) is 11.8 Å². The molecule has 2 unspecified atom stereocenters. The average molecular weight is 269 g/mol. The molecule has 0 aromatic heterocycles. The van der Waals surface area contributed by atoms with Gasteiger partial charge in [0, 0.05) is 5.54 Å². The minimum atomic E-state index is 0.187. The Kier molecular flexibility index (Phi) is 4.49. The fraction of sp³-hybridized carbons (Fsp3) is 0.474. The first-order chi connectivity index (χ1) is 9.38. The van der Waals surface area contributed by atoms with Crippen LogP contribution in [0, 0.1) is 5.92 Å². The molecule has 1 N–H and O–H groups in total. The second-order valence-corrected chi connectivity index (χ2v) is 6.97. The quantitative estimate of drug-likeness (QED) is 0.826. The van der Waals surface area contributed by atoms with E-state index in [2.05, 4.69) is 82.4 Å². The number of hydrogen-bond donors (Lipinski definition) is 1. The molecular formula is C19H27N. The highest BCUT2D eigenvalue weighted by Gasteiger charge is 2.18. The summed E-state index contributed by atoms with van der Waals surface area (Å²) in [6.07, 6.45) is 0. The van der Waals surface area contributed by atoms with Crippen molar-refractivity contribution in [2.75, 3.05) is 6.54 Å². The van der Waals surface area contributed by atoms with Crippen LogP contribution >= 0.6 is 0 Å². The molecule has 0 aliphatic rings. The van der Waals surface area contributed by atoms with Crippen LogP contribution in [-0.2, 0) is 0 Å². The SMILES string of the molecule is CC(CNC(C)(C)C)C(C)c1cccc2ccccc12. The molecule has 108 valence electrons. The summed E-state index contributed by atoms with van der Waals surface area (Å²) in [5.41, 5.74) is 1.65. The zero-order valence-corrected chi connectivity index (χ0v) is 13.4. The third kappa shape index (κ3) is 3.61. The van der Waals surface area contributed by atoms with E-state index in [1.54, 1.807) is 0 Å².